The van der Waals surface area contributed by atoms with Gasteiger partial charge < -0.3 is 0 Å². The summed E-state index contributed by atoms with van der Waals surface area (Å²) >= 11 is 0. The predicted molar refractivity (Wildman–Crippen MR) is 52.5 cm³/mol. The molecule has 1 rings (SSSR count). The average molecular weight is 176 g/mol. The lowest BCUT2D eigenvalue weighted by molar-refractivity contribution is 0.543. The molecule has 0 spiro atoms. The molecular weight excluding hydrogens is 160 g/mol. The van der Waals surface area contributed by atoms with Gasteiger partial charge in [0.1, 0.15) is 0 Å². The van der Waals surface area contributed by atoms with Crippen LogP contribution in [0.1, 0.15) is 32.6 Å². The first-order valence-corrected chi connectivity index (χ1v) is 6.70. The van der Waals surface area contributed by atoms with Crippen LogP contribution in [0.25, 0.3) is 0 Å². The van der Waals surface area contributed by atoms with Crippen LogP contribution in [-0.2, 0) is 0 Å². The Kier molecular flexibility index (Phi) is 4.00. The second-order valence-electron chi connectivity index (χ2n) is 2.90. The van der Waals surface area contributed by atoms with E-state index in [-0.39, 0.29) is 0 Å². The Labute approximate surface area is 71.9 Å². The van der Waals surface area contributed by atoms with Crippen molar-refractivity contribution in [2.45, 2.75) is 37.9 Å². The summed E-state index contributed by atoms with van der Waals surface area (Å²) in [6.07, 6.45) is 7.99. The SMILES string of the molecule is CCC1CCCC1SSC. The molecule has 0 aromatic rings. The quantitative estimate of drug-likeness (QED) is 0.603. The number of hydrogen-bond donors (Lipinski definition) is 0. The van der Waals surface area contributed by atoms with E-state index < -0.39 is 0 Å². The van der Waals surface area contributed by atoms with Gasteiger partial charge in [-0.2, -0.15) is 0 Å². The van der Waals surface area contributed by atoms with Crippen molar-refractivity contribution >= 4 is 21.6 Å². The molecule has 60 valence electrons. The summed E-state index contributed by atoms with van der Waals surface area (Å²) in [5.41, 5.74) is 0. The average Bonchev–Trinajstić information content (AvgIpc) is 2.36. The molecule has 0 heterocycles. The first-order valence-electron chi connectivity index (χ1n) is 4.08. The maximum Gasteiger partial charge on any atom is 0.0179 e. The van der Waals surface area contributed by atoms with Gasteiger partial charge in [-0.1, -0.05) is 41.4 Å². The Hall–Kier alpha value is 0.700. The van der Waals surface area contributed by atoms with Crippen molar-refractivity contribution in [2.24, 2.45) is 5.92 Å². The zero-order chi connectivity index (χ0) is 7.40. The molecule has 0 radical (unpaired) electrons. The van der Waals surface area contributed by atoms with Crippen LogP contribution < -0.4 is 0 Å². The summed E-state index contributed by atoms with van der Waals surface area (Å²) < 4.78 is 0. The highest BCUT2D eigenvalue weighted by molar-refractivity contribution is 8.76. The van der Waals surface area contributed by atoms with Crippen LogP contribution in [0.2, 0.25) is 0 Å². The Morgan fingerprint density at radius 2 is 2.20 bits per heavy atom. The lowest BCUT2D eigenvalue weighted by atomic mass is 10.1. The lowest BCUT2D eigenvalue weighted by Crippen LogP contribution is -2.06. The minimum atomic E-state index is 0.972. The Balaban J connectivity index is 2.27. The first-order chi connectivity index (χ1) is 4.88. The van der Waals surface area contributed by atoms with Gasteiger partial charge >= 0.3 is 0 Å². The van der Waals surface area contributed by atoms with Crippen molar-refractivity contribution in [1.29, 1.82) is 0 Å². The molecule has 0 amide bonds. The van der Waals surface area contributed by atoms with E-state index in [0.717, 1.165) is 11.2 Å². The molecule has 2 unspecified atom stereocenters. The summed E-state index contributed by atoms with van der Waals surface area (Å²) in [5, 5.41) is 0.972. The summed E-state index contributed by atoms with van der Waals surface area (Å²) in [4.78, 5) is 0. The highest BCUT2D eigenvalue weighted by Crippen LogP contribution is 2.41. The predicted octanol–water partition coefficient (Wildman–Crippen LogP) is 3.58. The standard InChI is InChI=1S/C8H16S2/c1-3-7-5-4-6-8(7)10-9-2/h7-8H,3-6H2,1-2H3. The zero-order valence-electron chi connectivity index (χ0n) is 6.80. The van der Waals surface area contributed by atoms with Crippen molar-refractivity contribution in [3.8, 4) is 0 Å². The topological polar surface area (TPSA) is 0 Å². The minimum Gasteiger partial charge on any atom is -0.0973 e. The van der Waals surface area contributed by atoms with Gasteiger partial charge in [0.15, 0.2) is 0 Å². The minimum absolute atomic E-state index is 0.972. The fraction of sp³-hybridized carbons (Fsp3) is 1.00. The van der Waals surface area contributed by atoms with Gasteiger partial charge in [0.05, 0.1) is 0 Å². The third kappa shape index (κ3) is 2.09. The molecule has 0 saturated heterocycles. The van der Waals surface area contributed by atoms with E-state index in [1.807, 2.05) is 10.8 Å². The molecule has 0 nitrogen and oxygen atoms in total. The molecule has 2 atom stereocenters. The molecule has 0 aromatic carbocycles. The van der Waals surface area contributed by atoms with Gasteiger partial charge in [0, 0.05) is 5.25 Å². The Bertz CT molecular complexity index is 93.3. The van der Waals surface area contributed by atoms with Crippen LogP contribution in [0.4, 0.5) is 0 Å². The Morgan fingerprint density at radius 3 is 2.80 bits per heavy atom. The third-order valence-electron chi connectivity index (χ3n) is 2.33. The molecule has 0 aromatic heterocycles. The van der Waals surface area contributed by atoms with E-state index in [1.54, 1.807) is 0 Å². The van der Waals surface area contributed by atoms with Crippen LogP contribution in [0, 0.1) is 5.92 Å². The smallest absolute Gasteiger partial charge is 0.0179 e. The van der Waals surface area contributed by atoms with Crippen LogP contribution in [0.5, 0.6) is 0 Å². The fourth-order valence-corrected chi connectivity index (χ4v) is 4.22. The molecule has 2 heteroatoms. The van der Waals surface area contributed by atoms with E-state index in [1.165, 1.54) is 25.7 Å². The van der Waals surface area contributed by atoms with Crippen molar-refractivity contribution < 1.29 is 0 Å². The van der Waals surface area contributed by atoms with E-state index in [0.29, 0.717) is 0 Å². The van der Waals surface area contributed by atoms with E-state index in [9.17, 15) is 0 Å². The molecule has 10 heavy (non-hydrogen) atoms. The van der Waals surface area contributed by atoms with Gasteiger partial charge in [0.2, 0.25) is 0 Å². The van der Waals surface area contributed by atoms with Crippen molar-refractivity contribution in [2.75, 3.05) is 6.26 Å². The maximum atomic E-state index is 2.32. The van der Waals surface area contributed by atoms with Crippen molar-refractivity contribution in [1.82, 2.24) is 0 Å². The lowest BCUT2D eigenvalue weighted by Gasteiger charge is -2.14. The normalized spacial score (nSPS) is 33.0. The molecule has 1 aliphatic carbocycles. The van der Waals surface area contributed by atoms with Crippen LogP contribution in [0.15, 0.2) is 0 Å². The van der Waals surface area contributed by atoms with E-state index >= 15 is 0 Å². The number of rotatable bonds is 3. The van der Waals surface area contributed by atoms with Gasteiger partial charge in [0.25, 0.3) is 0 Å². The summed E-state index contributed by atoms with van der Waals surface area (Å²) in [6.45, 7) is 2.32. The zero-order valence-corrected chi connectivity index (χ0v) is 8.43. The number of hydrogen-bond acceptors (Lipinski definition) is 2. The monoisotopic (exact) mass is 176 g/mol. The summed E-state index contributed by atoms with van der Waals surface area (Å²) in [7, 11) is 4.02. The van der Waals surface area contributed by atoms with Crippen LogP contribution in [-0.4, -0.2) is 11.5 Å². The molecule has 1 saturated carbocycles. The summed E-state index contributed by atoms with van der Waals surface area (Å²) in [6, 6.07) is 0. The molecule has 0 N–H and O–H groups in total. The molecule has 0 aliphatic heterocycles. The third-order valence-corrected chi connectivity index (χ3v) is 4.71. The van der Waals surface area contributed by atoms with Crippen LogP contribution in [0.3, 0.4) is 0 Å². The van der Waals surface area contributed by atoms with Gasteiger partial charge in [-0.05, 0) is 25.0 Å². The van der Waals surface area contributed by atoms with Gasteiger partial charge in [-0.15, -0.1) is 0 Å². The largest absolute Gasteiger partial charge is 0.0973 e. The molecule has 1 aliphatic rings. The van der Waals surface area contributed by atoms with Gasteiger partial charge in [-0.3, -0.25) is 0 Å². The second-order valence-corrected chi connectivity index (χ2v) is 5.61. The van der Waals surface area contributed by atoms with E-state index in [2.05, 4.69) is 24.0 Å². The van der Waals surface area contributed by atoms with E-state index in [4.69, 9.17) is 0 Å². The molecule has 0 bridgehead atoms. The van der Waals surface area contributed by atoms with Gasteiger partial charge in [-0.25, -0.2) is 0 Å². The molecule has 1 fully saturated rings. The molecular formula is C8H16S2. The summed E-state index contributed by atoms with van der Waals surface area (Å²) in [5.74, 6) is 1.03. The highest BCUT2D eigenvalue weighted by Gasteiger charge is 2.25. The fourth-order valence-electron chi connectivity index (χ4n) is 1.72. The maximum absolute atomic E-state index is 2.32. The Morgan fingerprint density at radius 1 is 1.40 bits per heavy atom. The second kappa shape index (κ2) is 4.55. The van der Waals surface area contributed by atoms with Crippen LogP contribution >= 0.6 is 21.6 Å². The van der Waals surface area contributed by atoms with Crippen molar-refractivity contribution in [3.63, 3.8) is 0 Å². The van der Waals surface area contributed by atoms with Crippen molar-refractivity contribution in [3.05, 3.63) is 0 Å². The highest BCUT2D eigenvalue weighted by atomic mass is 33.1. The first kappa shape index (κ1) is 8.79.